The van der Waals surface area contributed by atoms with Gasteiger partial charge in [-0.15, -0.1) is 0 Å². The van der Waals surface area contributed by atoms with E-state index in [1.54, 1.807) is 0 Å². The highest BCUT2D eigenvalue weighted by Crippen LogP contribution is 2.46. The number of aryl methyl sites for hydroxylation is 1. The Morgan fingerprint density at radius 3 is 2.02 bits per heavy atom. The van der Waals surface area contributed by atoms with Gasteiger partial charge >= 0.3 is 0 Å². The van der Waals surface area contributed by atoms with Crippen LogP contribution in [0.5, 0.6) is 0 Å². The van der Waals surface area contributed by atoms with Crippen LogP contribution in [0.4, 0.5) is 17.1 Å². The third kappa shape index (κ3) is 4.21. The average Bonchev–Trinajstić information content (AvgIpc) is 3.41. The Kier molecular flexibility index (Phi) is 6.22. The number of allylic oxidation sites excluding steroid dienone is 2. The van der Waals surface area contributed by atoms with Gasteiger partial charge in [0.2, 0.25) is 0 Å². The summed E-state index contributed by atoms with van der Waals surface area (Å²) in [4.78, 5) is 2.33. The minimum absolute atomic E-state index is 0.885. The van der Waals surface area contributed by atoms with E-state index in [9.17, 15) is 0 Å². The molecule has 6 aromatic carbocycles. The van der Waals surface area contributed by atoms with Crippen LogP contribution in [-0.2, 0) is 0 Å². The normalized spacial score (nSPS) is 11.5. The average molecular weight is 528 g/mol. The van der Waals surface area contributed by atoms with Gasteiger partial charge in [0, 0.05) is 33.3 Å². The van der Waals surface area contributed by atoms with Crippen LogP contribution >= 0.6 is 0 Å². The predicted molar refractivity (Wildman–Crippen MR) is 175 cm³/mol. The van der Waals surface area contributed by atoms with E-state index in [0.717, 1.165) is 50.1 Å². The summed E-state index contributed by atoms with van der Waals surface area (Å²) in [5.74, 6) is 0. The molecule has 0 aliphatic carbocycles. The zero-order chi connectivity index (χ0) is 27.8. The topological polar surface area (TPSA) is 16.4 Å². The van der Waals surface area contributed by atoms with Crippen molar-refractivity contribution in [1.82, 2.24) is 0 Å². The van der Waals surface area contributed by atoms with Gasteiger partial charge in [-0.2, -0.15) is 0 Å². The lowest BCUT2D eigenvalue weighted by Gasteiger charge is -2.28. The summed E-state index contributed by atoms with van der Waals surface area (Å²) in [6, 6.07) is 44.9. The Labute approximate surface area is 240 Å². The van der Waals surface area contributed by atoms with Gasteiger partial charge in [0.1, 0.15) is 11.2 Å². The van der Waals surface area contributed by atoms with Crippen molar-refractivity contribution in [3.05, 3.63) is 157 Å². The van der Waals surface area contributed by atoms with Crippen molar-refractivity contribution in [1.29, 1.82) is 0 Å². The van der Waals surface area contributed by atoms with Crippen molar-refractivity contribution in [3.8, 4) is 11.1 Å². The van der Waals surface area contributed by atoms with E-state index >= 15 is 0 Å². The van der Waals surface area contributed by atoms with E-state index in [4.69, 9.17) is 4.42 Å². The van der Waals surface area contributed by atoms with Crippen LogP contribution in [0.25, 0.3) is 49.9 Å². The Balaban J connectivity index is 1.59. The number of benzene rings is 6. The second kappa shape index (κ2) is 10.3. The molecular weight excluding hydrogens is 498 g/mol. The van der Waals surface area contributed by atoms with Gasteiger partial charge in [-0.25, -0.2) is 0 Å². The number of fused-ring (bicyclic) bond motifs is 4. The molecule has 41 heavy (non-hydrogen) atoms. The van der Waals surface area contributed by atoms with Gasteiger partial charge in [0.15, 0.2) is 0 Å². The molecular formula is C39H29NO. The maximum atomic E-state index is 6.65. The maximum Gasteiger partial charge on any atom is 0.139 e. The molecule has 0 saturated heterocycles. The maximum absolute atomic E-state index is 6.65. The lowest BCUT2D eigenvalue weighted by Crippen LogP contribution is -2.11. The molecule has 0 amide bonds. The van der Waals surface area contributed by atoms with E-state index in [1.807, 2.05) is 12.2 Å². The van der Waals surface area contributed by atoms with Crippen molar-refractivity contribution < 1.29 is 4.42 Å². The highest BCUT2D eigenvalue weighted by atomic mass is 16.3. The third-order valence-electron chi connectivity index (χ3n) is 7.80. The zero-order valence-electron chi connectivity index (χ0n) is 22.9. The number of furan rings is 1. The summed E-state index contributed by atoms with van der Waals surface area (Å²) in [7, 11) is 0. The van der Waals surface area contributed by atoms with Gasteiger partial charge in [-0.3, -0.25) is 0 Å². The van der Waals surface area contributed by atoms with Crippen molar-refractivity contribution in [2.75, 3.05) is 4.90 Å². The molecule has 1 heterocycles. The van der Waals surface area contributed by atoms with Crippen LogP contribution in [0.1, 0.15) is 11.1 Å². The summed E-state index contributed by atoms with van der Waals surface area (Å²) < 4.78 is 6.65. The van der Waals surface area contributed by atoms with Gasteiger partial charge in [0.25, 0.3) is 0 Å². The smallest absolute Gasteiger partial charge is 0.139 e. The van der Waals surface area contributed by atoms with Gasteiger partial charge in [-0.05, 0) is 65.2 Å². The van der Waals surface area contributed by atoms with E-state index < -0.39 is 0 Å². The zero-order valence-corrected chi connectivity index (χ0v) is 22.9. The minimum Gasteiger partial charge on any atom is -0.456 e. The van der Waals surface area contributed by atoms with Crippen LogP contribution in [0.3, 0.4) is 0 Å². The standard InChI is InChI=1S/C39H29NO/c1-3-4-21-31-27(2)39-35(26-36(31)40(29-17-7-5-8-18-29)30-19-9-6-10-20-30)38-34(24-14-25-37(38)41-39)33-23-13-16-28-15-11-12-22-32(28)33/h3-26H,1H2,2H3/b21-4-. The molecule has 7 aromatic rings. The van der Waals surface area contributed by atoms with Crippen LogP contribution < -0.4 is 4.90 Å². The van der Waals surface area contributed by atoms with E-state index in [-0.39, 0.29) is 0 Å². The highest BCUT2D eigenvalue weighted by Gasteiger charge is 2.22. The highest BCUT2D eigenvalue weighted by molar-refractivity contribution is 6.17. The van der Waals surface area contributed by atoms with Crippen LogP contribution in [0, 0.1) is 6.92 Å². The van der Waals surface area contributed by atoms with Crippen LogP contribution in [-0.4, -0.2) is 0 Å². The molecule has 2 heteroatoms. The lowest BCUT2D eigenvalue weighted by atomic mass is 9.93. The largest absolute Gasteiger partial charge is 0.456 e. The fourth-order valence-electron chi connectivity index (χ4n) is 5.94. The van der Waals surface area contributed by atoms with Crippen LogP contribution in [0.15, 0.2) is 151 Å². The molecule has 0 radical (unpaired) electrons. The second-order valence-corrected chi connectivity index (χ2v) is 10.2. The first-order valence-corrected chi connectivity index (χ1v) is 13.9. The number of hydrogen-bond donors (Lipinski definition) is 0. The molecule has 0 bridgehead atoms. The number of anilines is 3. The molecule has 0 N–H and O–H groups in total. The molecule has 1 aromatic heterocycles. The quantitative estimate of drug-likeness (QED) is 0.200. The van der Waals surface area contributed by atoms with E-state index in [1.165, 1.54) is 21.9 Å². The Morgan fingerprint density at radius 2 is 1.29 bits per heavy atom. The molecule has 0 atom stereocenters. The van der Waals surface area contributed by atoms with Gasteiger partial charge in [-0.1, -0.05) is 116 Å². The van der Waals surface area contributed by atoms with Crippen molar-refractivity contribution in [2.24, 2.45) is 0 Å². The van der Waals surface area contributed by atoms with Crippen LogP contribution in [0.2, 0.25) is 0 Å². The molecule has 0 aliphatic rings. The number of para-hydroxylation sites is 2. The first-order valence-electron chi connectivity index (χ1n) is 13.9. The fraction of sp³-hybridized carbons (Fsp3) is 0.0256. The van der Waals surface area contributed by atoms with E-state index in [2.05, 4.69) is 152 Å². The Bertz CT molecular complexity index is 2020. The summed E-state index contributed by atoms with van der Waals surface area (Å²) >= 11 is 0. The van der Waals surface area contributed by atoms with Gasteiger partial charge in [0.05, 0.1) is 5.69 Å². The first kappa shape index (κ1) is 24.7. The van der Waals surface area contributed by atoms with Gasteiger partial charge < -0.3 is 9.32 Å². The van der Waals surface area contributed by atoms with Crippen molar-refractivity contribution >= 4 is 55.8 Å². The Hall–Kier alpha value is -5.34. The molecule has 0 saturated carbocycles. The number of rotatable bonds is 6. The lowest BCUT2D eigenvalue weighted by molar-refractivity contribution is 0.665. The molecule has 0 aliphatic heterocycles. The summed E-state index contributed by atoms with van der Waals surface area (Å²) in [6.07, 6.45) is 5.95. The molecule has 0 spiro atoms. The minimum atomic E-state index is 0.885. The summed E-state index contributed by atoms with van der Waals surface area (Å²) in [5, 5.41) is 4.68. The van der Waals surface area contributed by atoms with E-state index in [0.29, 0.717) is 0 Å². The Morgan fingerprint density at radius 1 is 0.659 bits per heavy atom. The number of hydrogen-bond acceptors (Lipinski definition) is 2. The fourth-order valence-corrected chi connectivity index (χ4v) is 5.94. The second-order valence-electron chi connectivity index (χ2n) is 10.2. The third-order valence-corrected chi connectivity index (χ3v) is 7.80. The number of nitrogens with zero attached hydrogens (tertiary/aromatic N) is 1. The summed E-state index contributed by atoms with van der Waals surface area (Å²) in [5.41, 5.74) is 9.61. The monoisotopic (exact) mass is 527 g/mol. The molecule has 0 unspecified atom stereocenters. The molecule has 7 rings (SSSR count). The van der Waals surface area contributed by atoms with Crippen molar-refractivity contribution in [3.63, 3.8) is 0 Å². The molecule has 0 fully saturated rings. The molecule has 196 valence electrons. The predicted octanol–water partition coefficient (Wildman–Crippen LogP) is 11.4. The first-order chi connectivity index (χ1) is 20.2. The van der Waals surface area contributed by atoms with Crippen molar-refractivity contribution in [2.45, 2.75) is 6.92 Å². The SMILES string of the molecule is C=C/C=C\c1c(N(c2ccccc2)c2ccccc2)cc2c(oc3cccc(-c4cccc5ccccc45)c32)c1C. The summed E-state index contributed by atoms with van der Waals surface area (Å²) in [6.45, 7) is 6.10. The molecule has 2 nitrogen and oxygen atoms in total.